The highest BCUT2D eigenvalue weighted by Crippen LogP contribution is 2.23. The smallest absolute Gasteiger partial charge is 0.329 e. The van der Waals surface area contributed by atoms with E-state index in [9.17, 15) is 62.6 Å². The third kappa shape index (κ3) is 27.7. The minimum absolute atomic E-state index is 0. The van der Waals surface area contributed by atoms with E-state index in [1.165, 1.54) is 31.7 Å². The fraction of sp³-hybridized carbons (Fsp3) is 0.707. The Morgan fingerprint density at radius 3 is 1.70 bits per heavy atom. The van der Waals surface area contributed by atoms with Crippen LogP contribution in [0.2, 0.25) is 0 Å². The summed E-state index contributed by atoms with van der Waals surface area (Å²) in [6.45, 7) is 31.8. The summed E-state index contributed by atoms with van der Waals surface area (Å²) in [5.41, 5.74) is 6.34. The van der Waals surface area contributed by atoms with Gasteiger partial charge in [-0.25, -0.2) is 4.79 Å². The number of esters is 1. The van der Waals surface area contributed by atoms with Crippen LogP contribution in [0.1, 0.15) is 198 Å². The van der Waals surface area contributed by atoms with E-state index in [4.69, 9.17) is 10.5 Å². The number of carbonyl (C=O) groups is 14. The lowest BCUT2D eigenvalue weighted by Gasteiger charge is -2.33. The Morgan fingerprint density at radius 2 is 1.16 bits per heavy atom. The van der Waals surface area contributed by atoms with E-state index in [2.05, 4.69) is 63.8 Å². The Bertz CT molecular complexity index is 3170. The Kier molecular flexibility index (Phi) is 37.8. The van der Waals surface area contributed by atoms with Gasteiger partial charge in [-0.2, -0.15) is 0 Å². The maximum atomic E-state index is 15.0. The zero-order valence-corrected chi connectivity index (χ0v) is 65.2. The number of carbonyl (C=O) groups excluding carboxylic acids is 14. The number of rotatable bonds is 33. The molecule has 3 rings (SSSR count). The number of aliphatic hydroxyl groups excluding tert-OH is 1. The third-order valence-corrected chi connectivity index (χ3v) is 19.3. The summed E-state index contributed by atoms with van der Waals surface area (Å²) in [5, 5.41) is 43.2. The number of cyclic esters (lactones) is 1. The lowest BCUT2D eigenvalue weighted by atomic mass is 9.95. The van der Waals surface area contributed by atoms with E-state index in [1.54, 1.807) is 127 Å². The lowest BCUT2D eigenvalue weighted by molar-refractivity contribution is -0.157. The molecule has 0 spiro atoms. The molecule has 0 radical (unpaired) electrons. The van der Waals surface area contributed by atoms with E-state index in [0.717, 1.165) is 6.42 Å². The van der Waals surface area contributed by atoms with Crippen molar-refractivity contribution in [2.45, 2.75) is 280 Å². The van der Waals surface area contributed by atoms with Crippen LogP contribution in [0.25, 0.3) is 0 Å². The van der Waals surface area contributed by atoms with Crippen molar-refractivity contribution < 1.29 is 79.8 Å². The number of nitrogens with zero attached hydrogens (tertiary/aromatic N) is 1. The number of amides is 13. The number of allylic oxidation sites excluding steroid dienone is 1. The molecule has 0 bridgehead atoms. The molecule has 30 heteroatoms. The first kappa shape index (κ1) is 90.7. The van der Waals surface area contributed by atoms with Gasteiger partial charge in [-0.1, -0.05) is 166 Å². The second-order valence-corrected chi connectivity index (χ2v) is 30.2. The molecule has 16 atom stereocenters. The minimum Gasteiger partial charge on any atom is -1.00 e. The van der Waals surface area contributed by atoms with Crippen LogP contribution in [0.4, 0.5) is 0 Å². The number of nitrogens with two attached hydrogens (primary N) is 1. The Labute approximate surface area is 623 Å². The van der Waals surface area contributed by atoms with Crippen LogP contribution in [-0.4, -0.2) is 191 Å². The molecule has 2 aliphatic rings. The molecule has 15 N–H and O–H groups in total. The molecular weight excluding hydrogens is 1350 g/mol. The maximum absolute atomic E-state index is 15.0. The average molecular weight is 1480 g/mol. The topological polar surface area (TPSA) is 442 Å². The van der Waals surface area contributed by atoms with Crippen molar-refractivity contribution in [1.29, 1.82) is 0 Å². The van der Waals surface area contributed by atoms with Crippen LogP contribution in [-0.2, 0) is 78.3 Å². The van der Waals surface area contributed by atoms with Gasteiger partial charge in [-0.3, -0.25) is 62.3 Å². The van der Waals surface area contributed by atoms with Gasteiger partial charge in [-0.05, 0) is 112 Å². The van der Waals surface area contributed by atoms with Crippen molar-refractivity contribution in [1.82, 2.24) is 68.7 Å². The quantitative estimate of drug-likeness (QED) is 0.0354. The summed E-state index contributed by atoms with van der Waals surface area (Å²) >= 11 is 0. The van der Waals surface area contributed by atoms with Gasteiger partial charge in [0.05, 0.1) is 6.10 Å². The highest BCUT2D eigenvalue weighted by atomic mass is 16.5. The van der Waals surface area contributed by atoms with Gasteiger partial charge in [0.15, 0.2) is 0 Å². The predicted octanol–water partition coefficient (Wildman–Crippen LogP) is 2.06. The number of hydrogen-bond acceptors (Lipinski definition) is 17. The van der Waals surface area contributed by atoms with E-state index in [1.807, 2.05) is 13.8 Å². The molecule has 2 aliphatic heterocycles. The van der Waals surface area contributed by atoms with E-state index < -0.39 is 203 Å². The number of benzene rings is 1. The molecular formula is C75H126N14O16-2. The van der Waals surface area contributed by atoms with Gasteiger partial charge in [-0.15, -0.1) is 0 Å². The zero-order chi connectivity index (χ0) is 79.4. The van der Waals surface area contributed by atoms with Crippen LogP contribution >= 0.6 is 0 Å². The van der Waals surface area contributed by atoms with Gasteiger partial charge in [0, 0.05) is 19.4 Å². The molecule has 105 heavy (non-hydrogen) atoms. The second-order valence-electron chi connectivity index (χ2n) is 30.2. The number of nitrogens with one attached hydrogen (secondary N) is 12. The first-order valence-corrected chi connectivity index (χ1v) is 37.5. The molecule has 30 nitrogen and oxygen atoms in total. The average Bonchev–Trinajstić information content (AvgIpc) is 1.79. The number of aliphatic hydroxyl groups is 1. The van der Waals surface area contributed by atoms with Crippen LogP contribution in [0.15, 0.2) is 42.1 Å². The Morgan fingerprint density at radius 1 is 0.619 bits per heavy atom. The molecule has 4 unspecified atom stereocenters. The van der Waals surface area contributed by atoms with Crippen LogP contribution in [0.5, 0.6) is 0 Å². The maximum Gasteiger partial charge on any atom is 0.329 e. The molecule has 0 aliphatic carbocycles. The first-order valence-electron chi connectivity index (χ1n) is 37.5. The van der Waals surface area contributed by atoms with Crippen LogP contribution < -0.4 is 69.5 Å². The van der Waals surface area contributed by atoms with Crippen LogP contribution in [0, 0.1) is 47.3 Å². The highest BCUT2D eigenvalue weighted by Gasteiger charge is 2.44. The molecule has 1 aromatic carbocycles. The molecule has 2 fully saturated rings. The van der Waals surface area contributed by atoms with Crippen LogP contribution in [0.3, 0.4) is 0 Å². The molecule has 2 heterocycles. The molecule has 0 saturated carbocycles. The van der Waals surface area contributed by atoms with Gasteiger partial charge < -0.3 is 87.1 Å². The summed E-state index contributed by atoms with van der Waals surface area (Å²) in [7, 11) is 0. The number of ether oxygens (including phenoxy) is 1. The standard InChI is InChI=1S/C75H124N14O16.2H/c1-20-44(16)59(71(100)88-62-47(19)105-75(104)58(43(14)15)84-63(92)49(22-3)77-65(94)51(37-48-30-24-23-25-31-48)79-67(96)55(40(8)9)81-70(99)60(45(17)21-2)86-73(62)102)85-64(93)50(32-27-35-76)78-66(95)52-33-28-36-89(52)74(103)57(42(12)13)83-69(98)56(41(10)11)82-72(101)61(46(18)90)87-68(97)54(39(6)7)80-53(91)34-26-29-38(4)5;;/h22-25,30-31,38-47,50-52,54-62,90H,20-21,26-29,32-37,76H2,1-19H3,(H,77,94)(H,78,95)(H,79,96)(H,80,91)(H,81,99)(H,82,101)(H,83,98)(H,84,92)(H,85,93)(H,86,102)(H,87,97)(H,88,100);;/q;2*-1/b49-22-;;/t44?,45?,46?,47?,50-,51-,52+,54+,55+,56-,57+,58-,59+,60+,61-,62+;;/m0../s1/i;2*1+1. The van der Waals surface area contributed by atoms with Crippen molar-refractivity contribution in [2.24, 2.45) is 53.1 Å². The normalized spacial score (nSPS) is 22.6. The number of hydrogen-bond donors (Lipinski definition) is 14. The second kappa shape index (κ2) is 43.8. The summed E-state index contributed by atoms with van der Waals surface area (Å²) in [6.07, 6.45) is 1.02. The summed E-state index contributed by atoms with van der Waals surface area (Å²) in [6, 6.07) is -7.67. The van der Waals surface area contributed by atoms with Crippen molar-refractivity contribution in [3.05, 3.63) is 47.7 Å². The zero-order valence-electron chi connectivity index (χ0n) is 67.2. The molecule has 1 aromatic rings. The van der Waals surface area contributed by atoms with E-state index in [-0.39, 0.29) is 66.1 Å². The van der Waals surface area contributed by atoms with E-state index >= 15 is 9.59 Å². The molecule has 0 aromatic heterocycles. The monoisotopic (exact) mass is 1480 g/mol. The van der Waals surface area contributed by atoms with Gasteiger partial charge >= 0.3 is 5.97 Å². The molecule has 13 amide bonds. The summed E-state index contributed by atoms with van der Waals surface area (Å²) < 4.78 is 5.96. The lowest BCUT2D eigenvalue weighted by Crippen LogP contribution is -2.64. The summed E-state index contributed by atoms with van der Waals surface area (Å²) in [5.74, 6) is -15.1. The van der Waals surface area contributed by atoms with Gasteiger partial charge in [0.2, 0.25) is 70.9 Å². The van der Waals surface area contributed by atoms with Crippen molar-refractivity contribution in [2.75, 3.05) is 13.1 Å². The first-order chi connectivity index (χ1) is 49.2. The highest BCUT2D eigenvalue weighted by molar-refractivity contribution is 6.03. The Hall–Kier alpha value is -8.54. The fourth-order valence-corrected chi connectivity index (χ4v) is 12.1. The third-order valence-electron chi connectivity index (χ3n) is 19.3. The van der Waals surface area contributed by atoms with Crippen molar-refractivity contribution in [3.8, 4) is 0 Å². The fourth-order valence-electron chi connectivity index (χ4n) is 12.1. The summed E-state index contributed by atoms with van der Waals surface area (Å²) in [4.78, 5) is 202. The minimum atomic E-state index is -1.83. The van der Waals surface area contributed by atoms with Gasteiger partial charge in [0.25, 0.3) is 5.91 Å². The number of likely N-dealkylation sites (tertiary alicyclic amines) is 1. The Balaban J connectivity index is 0.0000286. The predicted molar refractivity (Wildman–Crippen MR) is 398 cm³/mol. The van der Waals surface area contributed by atoms with Crippen molar-refractivity contribution >= 4 is 82.8 Å². The molecule has 594 valence electrons. The van der Waals surface area contributed by atoms with Crippen molar-refractivity contribution in [3.63, 3.8) is 0 Å². The molecule has 2 saturated heterocycles. The SMILES string of the molecule is C/C=C1\NC(=O)[C@H](Cc2ccccc2)NC(=O)[C@@H](C(C)C)NC(=O)[C@@H](C(C)CC)NC(=O)[C@H](NC(=O)[C@H](NC(=O)[C@H](CCCN)NC(=O)[C@H]2CCCN2C(=O)[C@H](NC(=O)[C@@H](NC(=O)[C@@H](NC(=O)[C@H](NC(=O)CCCC(C)C)C(C)C)C(C)O)C(C)C)C(C)C)C(C)CC)C(C)OC(=O)[C@H](C(C)C)NC1=O.[2H-].[2H-]. The van der Waals surface area contributed by atoms with Gasteiger partial charge in [0.1, 0.15) is 84.3 Å². The van der Waals surface area contributed by atoms with E-state index in [0.29, 0.717) is 30.7 Å². The largest absolute Gasteiger partial charge is 1.00 e.